The summed E-state index contributed by atoms with van der Waals surface area (Å²) in [6, 6.07) is 16.9. The third-order valence-electron chi connectivity index (χ3n) is 10.0. The van der Waals surface area contributed by atoms with E-state index < -0.39 is 30.0 Å². The lowest BCUT2D eigenvalue weighted by atomic mass is 10.2. The Balaban J connectivity index is 1.28. The summed E-state index contributed by atoms with van der Waals surface area (Å²) in [4.78, 5) is 26.3. The third-order valence-corrected chi connectivity index (χ3v) is 14.9. The molecule has 68 heavy (non-hydrogen) atoms. The molecule has 0 unspecified atom stereocenters. The van der Waals surface area contributed by atoms with Crippen molar-refractivity contribution < 1.29 is 40.5 Å². The van der Waals surface area contributed by atoms with Crippen LogP contribution in [-0.4, -0.2) is 109 Å². The first-order chi connectivity index (χ1) is 32.6. The van der Waals surface area contributed by atoms with Gasteiger partial charge >= 0.3 is 0 Å². The summed E-state index contributed by atoms with van der Waals surface area (Å²) >= 11 is 3.01. The number of fused-ring (bicyclic) bond motifs is 2. The van der Waals surface area contributed by atoms with Crippen LogP contribution in [0.1, 0.15) is 27.7 Å². The molecule has 22 nitrogen and oxygen atoms in total. The van der Waals surface area contributed by atoms with Gasteiger partial charge in [-0.3, -0.25) is 9.11 Å². The number of anilines is 6. The topological polar surface area (TPSA) is 292 Å². The number of benzene rings is 4. The van der Waals surface area contributed by atoms with Crippen LogP contribution in [0.25, 0.3) is 20.4 Å². The number of aliphatic hydroxyl groups excluding tert-OH is 1. The molecule has 0 fully saturated rings. The predicted octanol–water partition coefficient (Wildman–Crippen LogP) is 9.70. The number of aromatic nitrogens is 5. The molecule has 27 heteroatoms. The molecule has 0 bridgehead atoms. The van der Waals surface area contributed by atoms with Gasteiger partial charge in [-0.05, 0) is 88.4 Å². The Bertz CT molecular complexity index is 3040. The van der Waals surface area contributed by atoms with Crippen LogP contribution < -0.4 is 29.9 Å². The molecule has 7 aromatic rings. The smallest absolute Gasteiger partial charge is 0.299 e. The molecule has 0 amide bonds. The van der Waals surface area contributed by atoms with Gasteiger partial charge in [0.05, 0.1) is 52.6 Å². The molecular formula is C41H45N13O9S5. The van der Waals surface area contributed by atoms with Gasteiger partial charge in [0.15, 0.2) is 14.9 Å². The Kier molecular flexibility index (Phi) is 15.6. The maximum absolute atomic E-state index is 12.3. The number of nitrogens with one attached hydrogen (secondary N) is 2. The van der Waals surface area contributed by atoms with Gasteiger partial charge < -0.3 is 35.0 Å². The largest absolute Gasteiger partial charge is 0.495 e. The number of rotatable bonds is 21. The van der Waals surface area contributed by atoms with E-state index in [1.165, 1.54) is 38.1 Å². The molecule has 0 aliphatic carbocycles. The number of thioether (sulfide) groups is 1. The molecule has 0 spiro atoms. The molecule has 0 aliphatic rings. The molecule has 7 rings (SSSR count). The molecule has 3 heterocycles. The monoisotopic (exact) mass is 1020 g/mol. The van der Waals surface area contributed by atoms with E-state index in [1.807, 2.05) is 52.0 Å². The van der Waals surface area contributed by atoms with Crippen LogP contribution in [0.2, 0.25) is 0 Å². The minimum Gasteiger partial charge on any atom is -0.495 e. The second-order valence-electron chi connectivity index (χ2n) is 14.1. The standard InChI is InChI=1S/C41H45N13O9S5/c1-7-53(8-2)23-11-13-25(49-51-40-44-27-15-17-31(62-5)35(33(27)65-40)67(56,57)58)29(21-23)42-37-46-38(48-39(47-37)64-20-19-55)43-30-22-24(54(9-3)10-4)12-14-26(30)50-52-41-45-28-16-18-32(63-6)36(34(28)66-41)68(59,60)61/h11-18,21-22,55H,7-10,19-20H2,1-6H3,(H,56,57,58)(H,59,60,61)(H2,42,43,46,47,48). The zero-order valence-electron chi connectivity index (χ0n) is 37.3. The second-order valence-corrected chi connectivity index (χ2v) is 19.8. The second kappa shape index (κ2) is 21.4. The summed E-state index contributed by atoms with van der Waals surface area (Å²) in [6.07, 6.45) is 0. The van der Waals surface area contributed by atoms with Crippen LogP contribution >= 0.6 is 34.4 Å². The highest BCUT2D eigenvalue weighted by Crippen LogP contribution is 2.42. The zero-order valence-corrected chi connectivity index (χ0v) is 41.4. The minimum absolute atomic E-state index is 0.0455. The molecule has 5 N–H and O–H groups in total. The van der Waals surface area contributed by atoms with E-state index in [4.69, 9.17) is 14.5 Å². The van der Waals surface area contributed by atoms with Crippen LogP contribution in [-0.2, 0) is 20.2 Å². The normalized spacial score (nSPS) is 12.1. The SMILES string of the molecule is CCN(CC)c1ccc(N=Nc2nc3ccc(OC)c(S(=O)(=O)O)c3s2)c(Nc2nc(Nc3cc(N(CC)CC)ccc3N=Nc3nc4ccc(OC)c(S(=O)(=O)O)c4s3)nc(SCCO)n2)c1. The van der Waals surface area contributed by atoms with Gasteiger partial charge in [-0.1, -0.05) is 34.4 Å². The highest BCUT2D eigenvalue weighted by Gasteiger charge is 2.25. The van der Waals surface area contributed by atoms with Crippen LogP contribution in [0.4, 0.5) is 56.3 Å². The Labute approximate surface area is 403 Å². The number of hydrogen-bond acceptors (Lipinski definition) is 23. The lowest BCUT2D eigenvalue weighted by Crippen LogP contribution is -2.21. The summed E-state index contributed by atoms with van der Waals surface area (Å²) in [5.41, 5.74) is 3.83. The number of aliphatic hydroxyl groups is 1. The maximum Gasteiger partial charge on any atom is 0.299 e. The summed E-state index contributed by atoms with van der Waals surface area (Å²) in [7, 11) is -6.77. The van der Waals surface area contributed by atoms with Gasteiger partial charge in [0.2, 0.25) is 22.2 Å². The lowest BCUT2D eigenvalue weighted by molar-refractivity contribution is 0.322. The van der Waals surface area contributed by atoms with E-state index in [1.54, 1.807) is 24.3 Å². The van der Waals surface area contributed by atoms with Crippen molar-refractivity contribution in [3.05, 3.63) is 60.7 Å². The third kappa shape index (κ3) is 11.2. The van der Waals surface area contributed by atoms with E-state index in [0.717, 1.165) is 34.0 Å². The first-order valence-corrected chi connectivity index (χ1v) is 26.2. The average molecular weight is 1020 g/mol. The van der Waals surface area contributed by atoms with Crippen LogP contribution in [0.5, 0.6) is 11.5 Å². The van der Waals surface area contributed by atoms with E-state index >= 15 is 0 Å². The fourth-order valence-corrected chi connectivity index (χ4v) is 11.5. The highest BCUT2D eigenvalue weighted by atomic mass is 32.2. The fraction of sp³-hybridized carbons (Fsp3) is 0.293. The number of methoxy groups -OCH3 is 2. The van der Waals surface area contributed by atoms with E-state index in [9.17, 15) is 31.0 Å². The Morgan fingerprint density at radius 1 is 0.618 bits per heavy atom. The average Bonchev–Trinajstić information content (AvgIpc) is 3.93. The maximum atomic E-state index is 12.3. The molecule has 4 aromatic carbocycles. The molecule has 358 valence electrons. The summed E-state index contributed by atoms with van der Waals surface area (Å²) in [6.45, 7) is 10.8. The van der Waals surface area contributed by atoms with Crippen molar-refractivity contribution in [2.45, 2.75) is 42.6 Å². The first kappa shape index (κ1) is 49.7. The molecular weight excluding hydrogens is 979 g/mol. The van der Waals surface area contributed by atoms with E-state index in [2.05, 4.69) is 60.8 Å². The van der Waals surface area contributed by atoms with Gasteiger partial charge in [-0.25, -0.2) is 9.97 Å². The molecule has 3 aromatic heterocycles. The van der Waals surface area contributed by atoms with Gasteiger partial charge in [0.1, 0.15) is 22.9 Å². The summed E-state index contributed by atoms with van der Waals surface area (Å²) < 4.78 is 80.1. The van der Waals surface area contributed by atoms with Crippen LogP contribution in [0.3, 0.4) is 0 Å². The molecule has 0 saturated heterocycles. The van der Waals surface area contributed by atoms with Crippen molar-refractivity contribution in [1.29, 1.82) is 0 Å². The number of ether oxygens (including phenoxy) is 2. The van der Waals surface area contributed by atoms with Crippen molar-refractivity contribution in [1.82, 2.24) is 24.9 Å². The van der Waals surface area contributed by atoms with Gasteiger partial charge in [0, 0.05) is 43.3 Å². The van der Waals surface area contributed by atoms with E-state index in [0.29, 0.717) is 48.9 Å². The van der Waals surface area contributed by atoms with Crippen molar-refractivity contribution in [2.24, 2.45) is 20.5 Å². The fourth-order valence-electron chi connectivity index (χ4n) is 6.87. The highest BCUT2D eigenvalue weighted by molar-refractivity contribution is 7.99. The predicted molar refractivity (Wildman–Crippen MR) is 265 cm³/mol. The Hall–Kier alpha value is -6.20. The lowest BCUT2D eigenvalue weighted by Gasteiger charge is -2.22. The first-order valence-electron chi connectivity index (χ1n) is 20.7. The van der Waals surface area contributed by atoms with Crippen molar-refractivity contribution in [3.8, 4) is 11.5 Å². The minimum atomic E-state index is -4.68. The van der Waals surface area contributed by atoms with Crippen molar-refractivity contribution in [2.75, 3.05) is 73.2 Å². The van der Waals surface area contributed by atoms with Gasteiger partial charge in [-0.2, -0.15) is 31.8 Å². The number of thiazole rings is 2. The number of hydrogen-bond donors (Lipinski definition) is 5. The molecule has 0 radical (unpaired) electrons. The number of azo groups is 2. The van der Waals surface area contributed by atoms with Crippen LogP contribution in [0, 0.1) is 0 Å². The summed E-state index contributed by atoms with van der Waals surface area (Å²) in [5, 5.41) is 34.5. The summed E-state index contributed by atoms with van der Waals surface area (Å²) in [5.74, 6) is 0.385. The van der Waals surface area contributed by atoms with Crippen molar-refractivity contribution >= 4 is 131 Å². The van der Waals surface area contributed by atoms with Gasteiger partial charge in [0.25, 0.3) is 20.2 Å². The molecule has 0 saturated carbocycles. The Morgan fingerprint density at radius 3 is 1.41 bits per heavy atom. The van der Waals surface area contributed by atoms with Gasteiger partial charge in [-0.15, -0.1) is 20.5 Å². The zero-order chi connectivity index (χ0) is 48.8. The number of nitrogens with zero attached hydrogens (tertiary/aromatic N) is 11. The Morgan fingerprint density at radius 2 is 1.04 bits per heavy atom. The quantitative estimate of drug-likeness (QED) is 0.0254. The van der Waals surface area contributed by atoms with Crippen LogP contribution in [0.15, 0.2) is 96.1 Å². The molecule has 0 atom stereocenters. The van der Waals surface area contributed by atoms with E-state index in [-0.39, 0.29) is 71.6 Å². The van der Waals surface area contributed by atoms with Crippen molar-refractivity contribution in [3.63, 3.8) is 0 Å². The molecule has 0 aliphatic heterocycles.